The molecule has 1 heterocycles. The van der Waals surface area contributed by atoms with Crippen LogP contribution in [0.15, 0.2) is 28.4 Å². The minimum absolute atomic E-state index is 0.163. The third-order valence-corrected chi connectivity index (χ3v) is 3.14. The van der Waals surface area contributed by atoms with E-state index in [1.807, 2.05) is 0 Å². The Bertz CT molecular complexity index is 598. The predicted octanol–water partition coefficient (Wildman–Crippen LogP) is 2.40. The van der Waals surface area contributed by atoms with Crippen LogP contribution in [0.4, 0.5) is 17.6 Å². The summed E-state index contributed by atoms with van der Waals surface area (Å²) < 4.78 is 51.5. The number of carbonyl (C=O) groups excluding carboxylic acids is 1. The van der Waals surface area contributed by atoms with Crippen LogP contribution >= 0.6 is 11.8 Å². The molecule has 2 rings (SSSR count). The molecule has 0 aliphatic carbocycles. The van der Waals surface area contributed by atoms with Crippen LogP contribution in [0.1, 0.15) is 11.1 Å². The Balaban J connectivity index is 2.27. The molecule has 20 heavy (non-hydrogen) atoms. The van der Waals surface area contributed by atoms with Gasteiger partial charge in [-0.15, -0.1) is 5.10 Å². The van der Waals surface area contributed by atoms with E-state index in [2.05, 4.69) is 15.5 Å². The number of hydrogen-bond acceptors (Lipinski definition) is 4. The van der Waals surface area contributed by atoms with Gasteiger partial charge in [-0.05, 0) is 12.1 Å². The molecule has 1 aromatic rings. The SMILES string of the molecule is O=C1CSC(=NN=Cc2c(F)cccc2C(F)(F)F)N1. The molecule has 0 atom stereocenters. The quantitative estimate of drug-likeness (QED) is 0.518. The lowest BCUT2D eigenvalue weighted by Gasteiger charge is -2.09. The van der Waals surface area contributed by atoms with Crippen molar-refractivity contribution in [1.82, 2.24) is 5.32 Å². The van der Waals surface area contributed by atoms with Gasteiger partial charge >= 0.3 is 6.18 Å². The van der Waals surface area contributed by atoms with Crippen LogP contribution in [0.2, 0.25) is 0 Å². The summed E-state index contributed by atoms with van der Waals surface area (Å²) in [5, 5.41) is 9.40. The van der Waals surface area contributed by atoms with Gasteiger partial charge in [0, 0.05) is 5.56 Å². The molecule has 106 valence electrons. The number of carbonyl (C=O) groups is 1. The smallest absolute Gasteiger partial charge is 0.303 e. The van der Waals surface area contributed by atoms with Gasteiger partial charge in [0.15, 0.2) is 5.17 Å². The van der Waals surface area contributed by atoms with Crippen molar-refractivity contribution in [2.45, 2.75) is 6.18 Å². The van der Waals surface area contributed by atoms with Crippen LogP contribution in [-0.4, -0.2) is 23.0 Å². The number of thioether (sulfide) groups is 1. The predicted molar refractivity (Wildman–Crippen MR) is 67.0 cm³/mol. The molecule has 1 aliphatic heterocycles. The lowest BCUT2D eigenvalue weighted by molar-refractivity contribution is -0.137. The monoisotopic (exact) mass is 305 g/mol. The molecule has 1 aliphatic rings. The van der Waals surface area contributed by atoms with E-state index in [0.29, 0.717) is 6.21 Å². The van der Waals surface area contributed by atoms with E-state index >= 15 is 0 Å². The summed E-state index contributed by atoms with van der Waals surface area (Å²) in [6, 6.07) is 2.62. The maximum atomic E-state index is 13.4. The molecule has 4 nitrogen and oxygen atoms in total. The van der Waals surface area contributed by atoms with Crippen molar-refractivity contribution in [3.8, 4) is 0 Å². The Kier molecular flexibility index (Phi) is 4.07. The summed E-state index contributed by atoms with van der Waals surface area (Å²) >= 11 is 1.06. The van der Waals surface area contributed by atoms with Crippen molar-refractivity contribution in [3.63, 3.8) is 0 Å². The van der Waals surface area contributed by atoms with Crippen LogP contribution in [0.25, 0.3) is 0 Å². The highest BCUT2D eigenvalue weighted by Crippen LogP contribution is 2.32. The normalized spacial score (nSPS) is 18.0. The number of hydrogen-bond donors (Lipinski definition) is 1. The van der Waals surface area contributed by atoms with Crippen LogP contribution in [0.5, 0.6) is 0 Å². The van der Waals surface area contributed by atoms with Gasteiger partial charge in [-0.2, -0.15) is 18.3 Å². The van der Waals surface area contributed by atoms with E-state index < -0.39 is 23.1 Å². The van der Waals surface area contributed by atoms with E-state index in [-0.39, 0.29) is 16.8 Å². The molecule has 0 spiro atoms. The largest absolute Gasteiger partial charge is 0.417 e. The zero-order chi connectivity index (χ0) is 14.8. The molecule has 1 aromatic carbocycles. The van der Waals surface area contributed by atoms with Gasteiger partial charge in [-0.25, -0.2) is 4.39 Å². The third kappa shape index (κ3) is 3.35. The molecule has 1 saturated heterocycles. The van der Waals surface area contributed by atoms with Crippen molar-refractivity contribution in [3.05, 3.63) is 35.1 Å². The summed E-state index contributed by atoms with van der Waals surface area (Å²) in [6.45, 7) is 0. The Morgan fingerprint density at radius 2 is 2.10 bits per heavy atom. The molecular formula is C11H7F4N3OS. The first-order valence-electron chi connectivity index (χ1n) is 5.27. The number of alkyl halides is 3. The van der Waals surface area contributed by atoms with Crippen molar-refractivity contribution in [1.29, 1.82) is 0 Å². The Morgan fingerprint density at radius 3 is 2.70 bits per heavy atom. The molecule has 9 heteroatoms. The van der Waals surface area contributed by atoms with E-state index in [9.17, 15) is 22.4 Å². The zero-order valence-electron chi connectivity index (χ0n) is 9.74. The average Bonchev–Trinajstić information content (AvgIpc) is 2.76. The lowest BCUT2D eigenvalue weighted by Crippen LogP contribution is -2.19. The second-order valence-corrected chi connectivity index (χ2v) is 4.65. The summed E-state index contributed by atoms with van der Waals surface area (Å²) in [6.07, 6.45) is -4.01. The number of benzene rings is 1. The second kappa shape index (κ2) is 5.61. The van der Waals surface area contributed by atoms with Gasteiger partial charge in [0.05, 0.1) is 17.5 Å². The summed E-state index contributed by atoms with van der Waals surface area (Å²) in [5.41, 5.74) is -1.83. The molecule has 0 radical (unpaired) electrons. The molecule has 0 aromatic heterocycles. The number of nitrogens with zero attached hydrogens (tertiary/aromatic N) is 2. The first kappa shape index (κ1) is 14.5. The average molecular weight is 305 g/mol. The fourth-order valence-electron chi connectivity index (χ4n) is 1.43. The standard InChI is InChI=1S/C11H7F4N3OS/c12-8-3-1-2-7(11(13,14)15)6(8)4-16-18-10-17-9(19)5-20-10/h1-4H,5H2,(H,17,18,19). The molecule has 0 unspecified atom stereocenters. The highest BCUT2D eigenvalue weighted by atomic mass is 32.2. The number of amidine groups is 1. The molecule has 0 bridgehead atoms. The number of nitrogens with one attached hydrogen (secondary N) is 1. The Labute approximate surface area is 115 Å². The van der Waals surface area contributed by atoms with Gasteiger partial charge in [0.25, 0.3) is 0 Å². The van der Waals surface area contributed by atoms with Gasteiger partial charge in [-0.1, -0.05) is 17.8 Å². The highest BCUT2D eigenvalue weighted by Gasteiger charge is 2.34. The Morgan fingerprint density at radius 1 is 1.35 bits per heavy atom. The topological polar surface area (TPSA) is 53.8 Å². The second-order valence-electron chi connectivity index (χ2n) is 3.69. The molecular weight excluding hydrogens is 298 g/mol. The first-order chi connectivity index (χ1) is 9.38. The van der Waals surface area contributed by atoms with Crippen LogP contribution in [0.3, 0.4) is 0 Å². The van der Waals surface area contributed by atoms with Crippen LogP contribution < -0.4 is 5.32 Å². The van der Waals surface area contributed by atoms with Crippen LogP contribution in [0, 0.1) is 5.82 Å². The maximum absolute atomic E-state index is 13.4. The molecule has 0 saturated carbocycles. The van der Waals surface area contributed by atoms with Gasteiger partial charge < -0.3 is 5.32 Å². The van der Waals surface area contributed by atoms with E-state index in [1.165, 1.54) is 0 Å². The molecule has 1 amide bonds. The number of rotatable bonds is 2. The number of amides is 1. The van der Waals surface area contributed by atoms with Gasteiger partial charge in [0.1, 0.15) is 5.82 Å². The first-order valence-corrected chi connectivity index (χ1v) is 6.26. The minimum Gasteiger partial charge on any atom is -0.303 e. The fraction of sp³-hybridized carbons (Fsp3) is 0.182. The summed E-state index contributed by atoms with van der Waals surface area (Å²) in [4.78, 5) is 10.9. The highest BCUT2D eigenvalue weighted by molar-refractivity contribution is 8.15. The third-order valence-electron chi connectivity index (χ3n) is 2.28. The van der Waals surface area contributed by atoms with Crippen molar-refractivity contribution in [2.75, 3.05) is 5.75 Å². The summed E-state index contributed by atoms with van der Waals surface area (Å²) in [5.74, 6) is -1.15. The number of halogens is 4. The van der Waals surface area contributed by atoms with Crippen molar-refractivity contribution in [2.24, 2.45) is 10.2 Å². The molecule has 1 N–H and O–H groups in total. The van der Waals surface area contributed by atoms with Crippen molar-refractivity contribution >= 4 is 29.1 Å². The lowest BCUT2D eigenvalue weighted by atomic mass is 10.1. The van der Waals surface area contributed by atoms with Gasteiger partial charge in [0.2, 0.25) is 5.91 Å². The Hall–Kier alpha value is -1.90. The van der Waals surface area contributed by atoms with E-state index in [4.69, 9.17) is 0 Å². The summed E-state index contributed by atoms with van der Waals surface area (Å²) in [7, 11) is 0. The minimum atomic E-state index is -4.69. The van der Waals surface area contributed by atoms with Gasteiger partial charge in [-0.3, -0.25) is 4.79 Å². The fourth-order valence-corrected chi connectivity index (χ4v) is 2.06. The maximum Gasteiger partial charge on any atom is 0.417 e. The van der Waals surface area contributed by atoms with Crippen LogP contribution in [-0.2, 0) is 11.0 Å². The zero-order valence-corrected chi connectivity index (χ0v) is 10.6. The van der Waals surface area contributed by atoms with Crippen molar-refractivity contribution < 1.29 is 22.4 Å². The van der Waals surface area contributed by atoms with E-state index in [1.54, 1.807) is 0 Å². The van der Waals surface area contributed by atoms with E-state index in [0.717, 1.165) is 30.0 Å². The molecule has 1 fully saturated rings.